The van der Waals surface area contributed by atoms with Crippen molar-refractivity contribution >= 4 is 5.69 Å². The minimum absolute atomic E-state index is 0.597. The van der Waals surface area contributed by atoms with E-state index in [2.05, 4.69) is 72.7 Å². The average molecular weight is 266 g/mol. The zero-order valence-corrected chi connectivity index (χ0v) is 12.3. The predicted octanol–water partition coefficient (Wildman–Crippen LogP) is 3.64. The van der Waals surface area contributed by atoms with E-state index in [1.54, 1.807) is 0 Å². The Morgan fingerprint density at radius 3 is 2.70 bits per heavy atom. The number of nitrogens with one attached hydrogen (secondary N) is 1. The van der Waals surface area contributed by atoms with Crippen molar-refractivity contribution in [2.24, 2.45) is 0 Å². The maximum Gasteiger partial charge on any atom is 0.0376 e. The molecule has 1 aliphatic heterocycles. The molecule has 104 valence electrons. The van der Waals surface area contributed by atoms with E-state index in [0.717, 1.165) is 19.6 Å². The number of hydrogen-bond donors (Lipinski definition) is 1. The largest absolute Gasteiger partial charge is 0.384 e. The van der Waals surface area contributed by atoms with Gasteiger partial charge in [0.15, 0.2) is 0 Å². The maximum atomic E-state index is 3.50. The van der Waals surface area contributed by atoms with Crippen LogP contribution in [-0.2, 0) is 6.54 Å². The molecule has 1 unspecified atom stereocenters. The summed E-state index contributed by atoms with van der Waals surface area (Å²) in [5, 5.41) is 3.50. The Labute approximate surface area is 121 Å². The third kappa shape index (κ3) is 2.70. The molecule has 3 rings (SSSR count). The van der Waals surface area contributed by atoms with Crippen LogP contribution < -0.4 is 5.32 Å². The fourth-order valence-corrected chi connectivity index (χ4v) is 3.04. The zero-order chi connectivity index (χ0) is 13.9. The highest BCUT2D eigenvalue weighted by atomic mass is 15.1. The van der Waals surface area contributed by atoms with E-state index in [0.29, 0.717) is 5.92 Å². The van der Waals surface area contributed by atoms with Crippen LogP contribution in [0.4, 0.5) is 5.69 Å². The summed E-state index contributed by atoms with van der Waals surface area (Å²) < 4.78 is 0. The summed E-state index contributed by atoms with van der Waals surface area (Å²) in [5.74, 6) is 0.597. The summed E-state index contributed by atoms with van der Waals surface area (Å²) in [7, 11) is 2.22. The van der Waals surface area contributed by atoms with Crippen molar-refractivity contribution in [2.45, 2.75) is 19.4 Å². The number of nitrogens with zero attached hydrogens (tertiary/aromatic N) is 1. The van der Waals surface area contributed by atoms with Gasteiger partial charge in [-0.1, -0.05) is 42.5 Å². The number of anilines is 1. The van der Waals surface area contributed by atoms with Gasteiger partial charge >= 0.3 is 0 Å². The molecule has 1 heterocycles. The summed E-state index contributed by atoms with van der Waals surface area (Å²) in [6.45, 7) is 5.36. The first kappa shape index (κ1) is 13.2. The molecule has 1 N–H and O–H groups in total. The minimum Gasteiger partial charge on any atom is -0.384 e. The van der Waals surface area contributed by atoms with Crippen molar-refractivity contribution in [3.8, 4) is 0 Å². The molecule has 0 bridgehead atoms. The second kappa shape index (κ2) is 5.68. The van der Waals surface area contributed by atoms with E-state index >= 15 is 0 Å². The topological polar surface area (TPSA) is 15.3 Å². The van der Waals surface area contributed by atoms with Crippen molar-refractivity contribution in [1.29, 1.82) is 0 Å². The fourth-order valence-electron chi connectivity index (χ4n) is 3.04. The molecule has 2 nitrogen and oxygen atoms in total. The van der Waals surface area contributed by atoms with Crippen molar-refractivity contribution < 1.29 is 0 Å². The number of hydrogen-bond acceptors (Lipinski definition) is 2. The van der Waals surface area contributed by atoms with Crippen LogP contribution >= 0.6 is 0 Å². The average Bonchev–Trinajstić information content (AvgIpc) is 2.85. The van der Waals surface area contributed by atoms with Crippen LogP contribution in [0.2, 0.25) is 0 Å². The Hall–Kier alpha value is -1.80. The van der Waals surface area contributed by atoms with E-state index < -0.39 is 0 Å². The third-order valence-electron chi connectivity index (χ3n) is 4.17. The smallest absolute Gasteiger partial charge is 0.0376 e. The number of likely N-dealkylation sites (N-methyl/N-ethyl adjacent to an activating group) is 1. The summed E-state index contributed by atoms with van der Waals surface area (Å²) >= 11 is 0. The van der Waals surface area contributed by atoms with E-state index in [4.69, 9.17) is 0 Å². The SMILES string of the molecule is Cc1ccccc1CN(C)CC1CNc2ccccc21. The lowest BCUT2D eigenvalue weighted by Crippen LogP contribution is -2.25. The van der Waals surface area contributed by atoms with Gasteiger partial charge in [-0.25, -0.2) is 0 Å². The molecule has 0 spiro atoms. The second-order valence-electron chi connectivity index (χ2n) is 5.79. The molecule has 0 saturated heterocycles. The highest BCUT2D eigenvalue weighted by Crippen LogP contribution is 2.31. The molecule has 0 saturated carbocycles. The Morgan fingerprint density at radius 2 is 1.85 bits per heavy atom. The van der Waals surface area contributed by atoms with Gasteiger partial charge in [-0.05, 0) is 36.7 Å². The lowest BCUT2D eigenvalue weighted by Gasteiger charge is -2.22. The van der Waals surface area contributed by atoms with E-state index in [-0.39, 0.29) is 0 Å². The molecule has 0 aliphatic carbocycles. The van der Waals surface area contributed by atoms with E-state index in [1.165, 1.54) is 22.4 Å². The van der Waals surface area contributed by atoms with Gasteiger partial charge in [0.1, 0.15) is 0 Å². The summed E-state index contributed by atoms with van der Waals surface area (Å²) in [6.07, 6.45) is 0. The molecule has 20 heavy (non-hydrogen) atoms. The normalized spacial score (nSPS) is 17.1. The quantitative estimate of drug-likeness (QED) is 0.909. The van der Waals surface area contributed by atoms with Crippen LogP contribution in [0.15, 0.2) is 48.5 Å². The molecule has 0 radical (unpaired) electrons. The Morgan fingerprint density at radius 1 is 1.10 bits per heavy atom. The van der Waals surface area contributed by atoms with Crippen molar-refractivity contribution in [2.75, 3.05) is 25.5 Å². The maximum absolute atomic E-state index is 3.50. The van der Waals surface area contributed by atoms with Crippen LogP contribution in [0, 0.1) is 6.92 Å². The monoisotopic (exact) mass is 266 g/mol. The zero-order valence-electron chi connectivity index (χ0n) is 12.3. The molecule has 2 aromatic carbocycles. The minimum atomic E-state index is 0.597. The van der Waals surface area contributed by atoms with Crippen LogP contribution in [0.5, 0.6) is 0 Å². The standard InChI is InChI=1S/C18H22N2/c1-14-7-3-4-8-15(14)12-20(2)13-16-11-19-18-10-6-5-9-17(16)18/h3-10,16,19H,11-13H2,1-2H3. The summed E-state index contributed by atoms with van der Waals surface area (Å²) in [4.78, 5) is 2.43. The Balaban J connectivity index is 1.66. The number of aryl methyl sites for hydroxylation is 1. The lowest BCUT2D eigenvalue weighted by atomic mass is 10.0. The fraction of sp³-hybridized carbons (Fsp3) is 0.333. The number of fused-ring (bicyclic) bond motifs is 1. The third-order valence-corrected chi connectivity index (χ3v) is 4.17. The van der Waals surface area contributed by atoms with Gasteiger partial charge in [0.25, 0.3) is 0 Å². The van der Waals surface area contributed by atoms with E-state index in [1.807, 2.05) is 0 Å². The van der Waals surface area contributed by atoms with Crippen LogP contribution in [-0.4, -0.2) is 25.0 Å². The summed E-state index contributed by atoms with van der Waals surface area (Å²) in [6, 6.07) is 17.3. The highest BCUT2D eigenvalue weighted by molar-refractivity contribution is 5.57. The van der Waals surface area contributed by atoms with Gasteiger partial charge in [-0.3, -0.25) is 0 Å². The van der Waals surface area contributed by atoms with Gasteiger partial charge in [0.05, 0.1) is 0 Å². The highest BCUT2D eigenvalue weighted by Gasteiger charge is 2.22. The van der Waals surface area contributed by atoms with Crippen LogP contribution in [0.25, 0.3) is 0 Å². The molecule has 0 fully saturated rings. The van der Waals surface area contributed by atoms with Gasteiger partial charge in [0, 0.05) is 31.2 Å². The van der Waals surface area contributed by atoms with Gasteiger partial charge in [-0.2, -0.15) is 0 Å². The van der Waals surface area contributed by atoms with Crippen molar-refractivity contribution in [1.82, 2.24) is 4.90 Å². The van der Waals surface area contributed by atoms with Crippen molar-refractivity contribution in [3.63, 3.8) is 0 Å². The second-order valence-corrected chi connectivity index (χ2v) is 5.79. The molecule has 1 atom stereocenters. The van der Waals surface area contributed by atoms with E-state index in [9.17, 15) is 0 Å². The molecule has 2 heteroatoms. The Kier molecular flexibility index (Phi) is 3.75. The molecular formula is C18H22N2. The van der Waals surface area contributed by atoms with Gasteiger partial charge in [0.2, 0.25) is 0 Å². The van der Waals surface area contributed by atoms with Gasteiger partial charge in [-0.15, -0.1) is 0 Å². The van der Waals surface area contributed by atoms with Gasteiger partial charge < -0.3 is 10.2 Å². The molecule has 1 aliphatic rings. The van der Waals surface area contributed by atoms with Crippen LogP contribution in [0.1, 0.15) is 22.6 Å². The van der Waals surface area contributed by atoms with Crippen LogP contribution in [0.3, 0.4) is 0 Å². The molecule has 2 aromatic rings. The first-order valence-electron chi connectivity index (χ1n) is 7.30. The molecule has 0 aromatic heterocycles. The Bertz CT molecular complexity index is 591. The molecule has 0 amide bonds. The number of benzene rings is 2. The lowest BCUT2D eigenvalue weighted by molar-refractivity contribution is 0.309. The summed E-state index contributed by atoms with van der Waals surface area (Å²) in [5.41, 5.74) is 5.57. The first-order valence-corrected chi connectivity index (χ1v) is 7.30. The molecular weight excluding hydrogens is 244 g/mol. The number of rotatable bonds is 4. The first-order chi connectivity index (χ1) is 9.74. The van der Waals surface area contributed by atoms with Crippen molar-refractivity contribution in [3.05, 3.63) is 65.2 Å². The number of para-hydroxylation sites is 1. The predicted molar refractivity (Wildman–Crippen MR) is 85.2 cm³/mol.